The molecule has 1 unspecified atom stereocenters. The lowest BCUT2D eigenvalue weighted by atomic mass is 9.81. The van der Waals surface area contributed by atoms with E-state index in [0.29, 0.717) is 28.1 Å². The van der Waals surface area contributed by atoms with E-state index in [4.69, 9.17) is 11.6 Å². The SMILES string of the molecule is CC1=C(Cc2ccc(Cl)cc2)C(=O)c2ccccc2C1O. The minimum atomic E-state index is -0.707. The molecule has 2 nitrogen and oxygen atoms in total. The zero-order valence-corrected chi connectivity index (χ0v) is 12.4. The van der Waals surface area contributed by atoms with Gasteiger partial charge in [0.2, 0.25) is 0 Å². The summed E-state index contributed by atoms with van der Waals surface area (Å²) in [5.74, 6) is 0.00310. The van der Waals surface area contributed by atoms with Gasteiger partial charge in [-0.05, 0) is 35.8 Å². The monoisotopic (exact) mass is 298 g/mol. The third-order valence-corrected chi connectivity index (χ3v) is 4.21. The Labute approximate surface area is 128 Å². The van der Waals surface area contributed by atoms with Crippen molar-refractivity contribution in [2.45, 2.75) is 19.4 Å². The largest absolute Gasteiger partial charge is 0.384 e. The zero-order chi connectivity index (χ0) is 15.0. The Morgan fingerprint density at radius 3 is 2.48 bits per heavy atom. The van der Waals surface area contributed by atoms with Crippen molar-refractivity contribution in [2.24, 2.45) is 0 Å². The molecule has 1 aliphatic carbocycles. The molecule has 0 saturated carbocycles. The van der Waals surface area contributed by atoms with Crippen LogP contribution in [-0.4, -0.2) is 10.9 Å². The first-order valence-corrected chi connectivity index (χ1v) is 7.21. The van der Waals surface area contributed by atoms with Gasteiger partial charge in [0, 0.05) is 22.6 Å². The summed E-state index contributed by atoms with van der Waals surface area (Å²) >= 11 is 5.88. The molecule has 0 aliphatic heterocycles. The molecule has 0 spiro atoms. The third-order valence-electron chi connectivity index (χ3n) is 3.95. The molecule has 3 heteroatoms. The van der Waals surface area contributed by atoms with Crippen molar-refractivity contribution in [3.05, 3.63) is 81.4 Å². The summed E-state index contributed by atoms with van der Waals surface area (Å²) in [4.78, 5) is 12.6. The first-order chi connectivity index (χ1) is 10.1. The van der Waals surface area contributed by atoms with Crippen LogP contribution in [0.25, 0.3) is 0 Å². The van der Waals surface area contributed by atoms with Gasteiger partial charge in [-0.1, -0.05) is 48.0 Å². The van der Waals surface area contributed by atoms with E-state index in [1.54, 1.807) is 12.1 Å². The number of carbonyl (C=O) groups excluding carboxylic acids is 1. The summed E-state index contributed by atoms with van der Waals surface area (Å²) in [6.07, 6.45) is -0.200. The molecule has 21 heavy (non-hydrogen) atoms. The first kappa shape index (κ1) is 14.1. The highest BCUT2D eigenvalue weighted by molar-refractivity contribution is 6.30. The molecule has 3 rings (SSSR count). The maximum absolute atomic E-state index is 12.6. The molecule has 106 valence electrons. The van der Waals surface area contributed by atoms with Crippen molar-refractivity contribution in [3.8, 4) is 0 Å². The molecule has 0 saturated heterocycles. The van der Waals surface area contributed by atoms with Crippen molar-refractivity contribution in [1.82, 2.24) is 0 Å². The number of Topliss-reactive ketones (excluding diaryl/α,β-unsaturated/α-hetero) is 1. The standard InChI is InChI=1S/C18H15ClO2/c1-11-16(10-12-6-8-13(19)9-7-12)18(21)15-5-3-2-4-14(15)17(11)20/h2-9,17,20H,10H2,1H3. The molecule has 0 amide bonds. The zero-order valence-electron chi connectivity index (χ0n) is 11.6. The molecular weight excluding hydrogens is 284 g/mol. The molecule has 2 aromatic rings. The van der Waals surface area contributed by atoms with Crippen molar-refractivity contribution >= 4 is 17.4 Å². The number of allylic oxidation sites excluding steroid dienone is 1. The predicted octanol–water partition coefficient (Wildman–Crippen LogP) is 4.13. The van der Waals surface area contributed by atoms with Crippen LogP contribution in [0.4, 0.5) is 0 Å². The van der Waals surface area contributed by atoms with Crippen LogP contribution in [0.3, 0.4) is 0 Å². The Morgan fingerprint density at radius 2 is 1.76 bits per heavy atom. The number of fused-ring (bicyclic) bond motifs is 1. The fraction of sp³-hybridized carbons (Fsp3) is 0.167. The summed E-state index contributed by atoms with van der Waals surface area (Å²) in [6.45, 7) is 1.82. The molecule has 0 aromatic heterocycles. The van der Waals surface area contributed by atoms with E-state index in [1.807, 2.05) is 43.3 Å². The summed E-state index contributed by atoms with van der Waals surface area (Å²) < 4.78 is 0. The second-order valence-corrected chi connectivity index (χ2v) is 5.72. The van der Waals surface area contributed by atoms with E-state index in [1.165, 1.54) is 0 Å². The molecular formula is C18H15ClO2. The van der Waals surface area contributed by atoms with Gasteiger partial charge in [0.15, 0.2) is 5.78 Å². The lowest BCUT2D eigenvalue weighted by Crippen LogP contribution is -2.20. The number of aliphatic hydroxyl groups is 1. The van der Waals surface area contributed by atoms with Gasteiger partial charge in [0.1, 0.15) is 6.10 Å². The average molecular weight is 299 g/mol. The van der Waals surface area contributed by atoms with Gasteiger partial charge in [-0.25, -0.2) is 0 Å². The van der Waals surface area contributed by atoms with E-state index >= 15 is 0 Å². The number of aliphatic hydroxyl groups excluding tert-OH is 1. The number of halogens is 1. The fourth-order valence-electron chi connectivity index (χ4n) is 2.71. The molecule has 0 heterocycles. The average Bonchev–Trinajstić information content (AvgIpc) is 2.51. The maximum atomic E-state index is 12.6. The third kappa shape index (κ3) is 2.53. The summed E-state index contributed by atoms with van der Waals surface area (Å²) in [6, 6.07) is 14.7. The quantitative estimate of drug-likeness (QED) is 0.905. The molecule has 0 fully saturated rings. The Hall–Kier alpha value is -1.90. The van der Waals surface area contributed by atoms with Crippen LogP contribution in [0.15, 0.2) is 59.7 Å². The van der Waals surface area contributed by atoms with Crippen LogP contribution in [0.1, 0.15) is 34.5 Å². The van der Waals surface area contributed by atoms with Crippen LogP contribution in [0.5, 0.6) is 0 Å². The summed E-state index contributed by atoms with van der Waals surface area (Å²) in [5, 5.41) is 11.1. The Kier molecular flexibility index (Phi) is 3.66. The summed E-state index contributed by atoms with van der Waals surface area (Å²) in [5.41, 5.74) is 3.70. The molecule has 1 aliphatic rings. The first-order valence-electron chi connectivity index (χ1n) is 6.83. The number of benzene rings is 2. The number of hydrogen-bond donors (Lipinski definition) is 1. The van der Waals surface area contributed by atoms with Gasteiger partial charge in [-0.15, -0.1) is 0 Å². The molecule has 2 aromatic carbocycles. The topological polar surface area (TPSA) is 37.3 Å². The number of carbonyl (C=O) groups is 1. The Balaban J connectivity index is 2.00. The van der Waals surface area contributed by atoms with Gasteiger partial charge in [-0.2, -0.15) is 0 Å². The van der Waals surface area contributed by atoms with E-state index in [2.05, 4.69) is 0 Å². The second-order valence-electron chi connectivity index (χ2n) is 5.28. The second kappa shape index (κ2) is 5.47. The van der Waals surface area contributed by atoms with Crippen molar-refractivity contribution < 1.29 is 9.90 Å². The van der Waals surface area contributed by atoms with E-state index < -0.39 is 6.10 Å². The fourth-order valence-corrected chi connectivity index (χ4v) is 2.83. The molecule has 0 bridgehead atoms. The molecule has 1 atom stereocenters. The van der Waals surface area contributed by atoms with E-state index in [-0.39, 0.29) is 5.78 Å². The van der Waals surface area contributed by atoms with Crippen LogP contribution < -0.4 is 0 Å². The highest BCUT2D eigenvalue weighted by atomic mass is 35.5. The van der Waals surface area contributed by atoms with Crippen molar-refractivity contribution in [2.75, 3.05) is 0 Å². The van der Waals surface area contributed by atoms with E-state index in [9.17, 15) is 9.90 Å². The van der Waals surface area contributed by atoms with Gasteiger partial charge < -0.3 is 5.11 Å². The molecule has 1 N–H and O–H groups in total. The normalized spacial score (nSPS) is 17.9. The minimum Gasteiger partial charge on any atom is -0.384 e. The highest BCUT2D eigenvalue weighted by Gasteiger charge is 2.29. The van der Waals surface area contributed by atoms with Crippen LogP contribution in [0, 0.1) is 0 Å². The predicted molar refractivity (Wildman–Crippen MR) is 83.6 cm³/mol. The van der Waals surface area contributed by atoms with Crippen LogP contribution in [-0.2, 0) is 6.42 Å². The van der Waals surface area contributed by atoms with E-state index in [0.717, 1.165) is 11.1 Å². The lowest BCUT2D eigenvalue weighted by molar-refractivity contribution is 0.101. The maximum Gasteiger partial charge on any atom is 0.189 e. The van der Waals surface area contributed by atoms with Gasteiger partial charge in [0.05, 0.1) is 0 Å². The summed E-state index contributed by atoms with van der Waals surface area (Å²) in [7, 11) is 0. The van der Waals surface area contributed by atoms with Crippen molar-refractivity contribution in [1.29, 1.82) is 0 Å². The van der Waals surface area contributed by atoms with Crippen LogP contribution >= 0.6 is 11.6 Å². The lowest BCUT2D eigenvalue weighted by Gasteiger charge is -2.25. The van der Waals surface area contributed by atoms with Gasteiger partial charge >= 0.3 is 0 Å². The smallest absolute Gasteiger partial charge is 0.189 e. The van der Waals surface area contributed by atoms with Crippen LogP contribution in [0.2, 0.25) is 5.02 Å². The number of ketones is 1. The molecule has 0 radical (unpaired) electrons. The number of hydrogen-bond acceptors (Lipinski definition) is 2. The minimum absolute atomic E-state index is 0.00310. The Bertz CT molecular complexity index is 729. The van der Waals surface area contributed by atoms with Gasteiger partial charge in [0.25, 0.3) is 0 Å². The van der Waals surface area contributed by atoms with Crippen molar-refractivity contribution in [3.63, 3.8) is 0 Å². The Morgan fingerprint density at radius 1 is 1.10 bits per heavy atom. The highest BCUT2D eigenvalue weighted by Crippen LogP contribution is 2.35. The number of rotatable bonds is 2. The van der Waals surface area contributed by atoms with Gasteiger partial charge in [-0.3, -0.25) is 4.79 Å².